The first-order valence-electron chi connectivity index (χ1n) is 14.3. The monoisotopic (exact) mass is 564 g/mol. The van der Waals surface area contributed by atoms with Crippen molar-refractivity contribution in [2.24, 2.45) is 13.0 Å². The molecule has 0 atom stereocenters. The fraction of sp³-hybridized carbons (Fsp3) is 0.516. The van der Waals surface area contributed by atoms with Gasteiger partial charge in [-0.1, -0.05) is 63.3 Å². The molecule has 4 rings (SSSR count). The van der Waals surface area contributed by atoms with Crippen LogP contribution in [0.15, 0.2) is 52.3 Å². The maximum Gasteiger partial charge on any atom is 0.331 e. The number of rotatable bonds is 5. The Morgan fingerprint density at radius 3 is 2.24 bits per heavy atom. The molecule has 1 aromatic carbocycles. The van der Waals surface area contributed by atoms with E-state index in [0.717, 1.165) is 27.4 Å². The minimum atomic E-state index is -0.260. The molecule has 2 aromatic rings. The second-order valence-electron chi connectivity index (χ2n) is 10.4. The van der Waals surface area contributed by atoms with Gasteiger partial charge in [-0.2, -0.15) is 5.26 Å². The minimum absolute atomic E-state index is 0.218. The van der Waals surface area contributed by atoms with Crippen LogP contribution in [0.3, 0.4) is 0 Å². The Morgan fingerprint density at radius 1 is 1.15 bits per heavy atom. The normalized spacial score (nSPS) is 15.6. The van der Waals surface area contributed by atoms with Gasteiger partial charge in [-0.05, 0) is 38.8 Å². The van der Waals surface area contributed by atoms with Crippen LogP contribution in [0.1, 0.15) is 58.4 Å². The maximum atomic E-state index is 12.2. The number of piperazine rings is 1. The van der Waals surface area contributed by atoms with Gasteiger partial charge in [-0.25, -0.2) is 4.79 Å². The van der Waals surface area contributed by atoms with Crippen LogP contribution in [-0.4, -0.2) is 62.3 Å². The summed E-state index contributed by atoms with van der Waals surface area (Å²) >= 11 is 0. The molecule has 0 radical (unpaired) electrons. The first-order chi connectivity index (χ1) is 19.6. The summed E-state index contributed by atoms with van der Waals surface area (Å²) < 4.78 is 2.77. The van der Waals surface area contributed by atoms with Crippen LogP contribution < -0.4 is 11.2 Å². The molecule has 10 heteroatoms. The highest BCUT2D eigenvalue weighted by molar-refractivity contribution is 5.93. The molecule has 0 unspecified atom stereocenters. The van der Waals surface area contributed by atoms with Gasteiger partial charge in [0, 0.05) is 46.0 Å². The van der Waals surface area contributed by atoms with Crippen LogP contribution in [0.25, 0.3) is 10.9 Å². The molecule has 1 aliphatic carbocycles. The molecule has 222 valence electrons. The quantitative estimate of drug-likeness (QED) is 0.237. The van der Waals surface area contributed by atoms with Crippen LogP contribution in [0.2, 0.25) is 0 Å². The predicted octanol–water partition coefficient (Wildman–Crippen LogP) is 3.73. The van der Waals surface area contributed by atoms with Gasteiger partial charge in [0.2, 0.25) is 6.41 Å². The fourth-order valence-corrected chi connectivity index (χ4v) is 4.97. The third-order valence-electron chi connectivity index (χ3n) is 7.50. The van der Waals surface area contributed by atoms with Crippen LogP contribution in [0.4, 0.5) is 0 Å². The van der Waals surface area contributed by atoms with Crippen molar-refractivity contribution in [3.8, 4) is 6.19 Å². The molecule has 2 aliphatic rings. The zero-order chi connectivity index (χ0) is 30.5. The number of fused-ring (bicyclic) bond motifs is 1. The largest absolute Gasteiger partial charge is 0.342 e. The van der Waals surface area contributed by atoms with Crippen molar-refractivity contribution in [3.63, 3.8) is 0 Å². The first kappa shape index (κ1) is 33.1. The lowest BCUT2D eigenvalue weighted by Crippen LogP contribution is -2.49. The molecule has 2 fully saturated rings. The van der Waals surface area contributed by atoms with Gasteiger partial charge in [0.05, 0.1) is 10.9 Å². The highest BCUT2D eigenvalue weighted by atomic mass is 16.2. The van der Waals surface area contributed by atoms with Crippen molar-refractivity contribution in [1.82, 2.24) is 23.8 Å². The van der Waals surface area contributed by atoms with E-state index in [4.69, 9.17) is 5.26 Å². The Hall–Kier alpha value is -4.13. The summed E-state index contributed by atoms with van der Waals surface area (Å²) in [6.45, 7) is 13.9. The lowest BCUT2D eigenvalue weighted by Gasteiger charge is -2.33. The minimum Gasteiger partial charge on any atom is -0.342 e. The Kier molecular flexibility index (Phi) is 13.1. The summed E-state index contributed by atoms with van der Waals surface area (Å²) in [5.41, 5.74) is 1.52. The Balaban J connectivity index is 0.000000234. The SMILES string of the molecule is C=CN(C#N)/C(=C\C)C(=O)N1CCN(C=O)CC1.CC1CCCCC1.CCn1c(=O)n(C)c(=O)c2cc(C)ccc21. The van der Waals surface area contributed by atoms with E-state index in [2.05, 4.69) is 13.5 Å². The number of carbonyl (C=O) groups excluding carboxylic acids is 2. The highest BCUT2D eigenvalue weighted by Gasteiger charge is 2.25. The predicted molar refractivity (Wildman–Crippen MR) is 162 cm³/mol. The Morgan fingerprint density at radius 2 is 1.78 bits per heavy atom. The molecule has 1 saturated heterocycles. The van der Waals surface area contributed by atoms with E-state index in [1.807, 2.05) is 38.2 Å². The zero-order valence-electron chi connectivity index (χ0n) is 25.1. The van der Waals surface area contributed by atoms with Crippen LogP contribution >= 0.6 is 0 Å². The van der Waals surface area contributed by atoms with Crippen molar-refractivity contribution in [1.29, 1.82) is 5.26 Å². The smallest absolute Gasteiger partial charge is 0.331 e. The van der Waals surface area contributed by atoms with Crippen molar-refractivity contribution in [2.45, 2.75) is 66.3 Å². The lowest BCUT2D eigenvalue weighted by molar-refractivity contribution is -0.132. The van der Waals surface area contributed by atoms with E-state index in [1.54, 1.807) is 27.4 Å². The number of carbonyl (C=O) groups is 2. The second kappa shape index (κ2) is 16.2. The number of hydrogen-bond acceptors (Lipinski definition) is 6. The van der Waals surface area contributed by atoms with E-state index in [-0.39, 0.29) is 22.9 Å². The van der Waals surface area contributed by atoms with E-state index in [1.165, 1.54) is 45.4 Å². The summed E-state index contributed by atoms with van der Waals surface area (Å²) in [7, 11) is 1.51. The van der Waals surface area contributed by atoms with Crippen LogP contribution in [-0.2, 0) is 23.2 Å². The summed E-state index contributed by atoms with van der Waals surface area (Å²) in [6.07, 6.45) is 13.0. The summed E-state index contributed by atoms with van der Waals surface area (Å²) in [4.78, 5) is 50.9. The number of amides is 2. The molecule has 1 saturated carbocycles. The van der Waals surface area contributed by atoms with Gasteiger partial charge in [0.1, 0.15) is 5.70 Å². The molecule has 2 amide bonds. The number of benzene rings is 1. The standard InChI is InChI=1S/C12H16N4O2.C12H14N2O2.C7H14/c1-3-11(15(4-2)9-13)12(18)16-7-5-14(10-17)6-8-16;1-4-14-10-6-5-8(2)7-9(10)11(15)13(3)12(14)16;1-7-5-3-2-4-6-7/h3-4,10H,2,5-8H2,1H3;5-7H,4H2,1-3H3;7H,2-6H2,1H3/b11-3-;;. The molecular weight excluding hydrogens is 520 g/mol. The van der Waals surface area contributed by atoms with Crippen LogP contribution in [0.5, 0.6) is 0 Å². The number of aromatic nitrogens is 2. The number of aryl methyl sites for hydroxylation is 2. The van der Waals surface area contributed by atoms with E-state index >= 15 is 0 Å². The third kappa shape index (κ3) is 8.68. The van der Waals surface area contributed by atoms with Crippen molar-refractivity contribution < 1.29 is 9.59 Å². The molecule has 1 aromatic heterocycles. The van der Waals surface area contributed by atoms with Crippen molar-refractivity contribution in [2.75, 3.05) is 26.2 Å². The average Bonchev–Trinajstić information content (AvgIpc) is 3.00. The molecule has 2 heterocycles. The Labute approximate surface area is 242 Å². The van der Waals surface area contributed by atoms with Gasteiger partial charge < -0.3 is 9.80 Å². The van der Waals surface area contributed by atoms with E-state index in [9.17, 15) is 19.2 Å². The number of allylic oxidation sites excluding steroid dienone is 1. The molecule has 0 spiro atoms. The topological polar surface area (TPSA) is 112 Å². The van der Waals surface area contributed by atoms with Gasteiger partial charge >= 0.3 is 5.69 Å². The summed E-state index contributed by atoms with van der Waals surface area (Å²) in [6, 6.07) is 5.56. The zero-order valence-corrected chi connectivity index (χ0v) is 25.1. The molecule has 41 heavy (non-hydrogen) atoms. The molecular formula is C31H44N6O4. The summed E-state index contributed by atoms with van der Waals surface area (Å²) in [5.74, 6) is 0.818. The highest BCUT2D eigenvalue weighted by Crippen LogP contribution is 2.22. The van der Waals surface area contributed by atoms with Gasteiger partial charge in [0.15, 0.2) is 6.19 Å². The number of nitriles is 1. The van der Waals surface area contributed by atoms with Crippen LogP contribution in [0, 0.1) is 24.3 Å². The molecule has 0 bridgehead atoms. The molecule has 0 N–H and O–H groups in total. The number of hydrogen-bond donors (Lipinski definition) is 0. The Bertz CT molecular complexity index is 1390. The van der Waals surface area contributed by atoms with Gasteiger partial charge in [-0.15, -0.1) is 0 Å². The lowest BCUT2D eigenvalue weighted by atomic mass is 9.91. The molecule has 10 nitrogen and oxygen atoms in total. The first-order valence-corrected chi connectivity index (χ1v) is 14.3. The maximum absolute atomic E-state index is 12.2. The average molecular weight is 565 g/mol. The van der Waals surface area contributed by atoms with E-state index < -0.39 is 0 Å². The summed E-state index contributed by atoms with van der Waals surface area (Å²) in [5, 5.41) is 9.49. The van der Waals surface area contributed by atoms with Gasteiger partial charge in [-0.3, -0.25) is 28.4 Å². The van der Waals surface area contributed by atoms with Crippen molar-refractivity contribution in [3.05, 3.63) is 69.2 Å². The van der Waals surface area contributed by atoms with E-state index in [0.29, 0.717) is 43.6 Å². The van der Waals surface area contributed by atoms with Crippen molar-refractivity contribution >= 4 is 23.2 Å². The second-order valence-corrected chi connectivity index (χ2v) is 10.4. The third-order valence-corrected chi connectivity index (χ3v) is 7.50. The number of nitrogens with zero attached hydrogens (tertiary/aromatic N) is 6. The molecule has 1 aliphatic heterocycles. The van der Waals surface area contributed by atoms with Gasteiger partial charge in [0.25, 0.3) is 11.5 Å². The fourth-order valence-electron chi connectivity index (χ4n) is 4.97.